The maximum Gasteiger partial charge on any atom is 0.471 e. The van der Waals surface area contributed by atoms with Crippen molar-refractivity contribution in [2.75, 3.05) is 13.1 Å². The van der Waals surface area contributed by atoms with E-state index in [0.29, 0.717) is 13.0 Å². The lowest BCUT2D eigenvalue weighted by atomic mass is 9.85. The van der Waals surface area contributed by atoms with Crippen LogP contribution in [0.4, 0.5) is 13.2 Å². The van der Waals surface area contributed by atoms with Crippen molar-refractivity contribution in [2.24, 2.45) is 28.6 Å². The van der Waals surface area contributed by atoms with Crippen LogP contribution in [-0.2, 0) is 24.0 Å². The number of rotatable bonds is 8. The smallest absolute Gasteiger partial charge is 0.356 e. The number of hydrogen-bond acceptors (Lipinski definition) is 5. The molecule has 6 atom stereocenters. The molecule has 4 amide bonds. The number of alkyl halides is 3. The molecule has 3 rings (SSSR count). The van der Waals surface area contributed by atoms with Gasteiger partial charge >= 0.3 is 12.1 Å². The van der Waals surface area contributed by atoms with E-state index in [2.05, 4.69) is 17.2 Å². The molecule has 9 nitrogen and oxygen atoms in total. The summed E-state index contributed by atoms with van der Waals surface area (Å²) in [5.74, 6) is -5.17. The Kier molecular flexibility index (Phi) is 8.06. The summed E-state index contributed by atoms with van der Waals surface area (Å²) >= 11 is 0. The Balaban J connectivity index is 1.86. The number of piperidine rings is 2. The van der Waals surface area contributed by atoms with Gasteiger partial charge in [-0.3, -0.25) is 24.0 Å². The van der Waals surface area contributed by atoms with Gasteiger partial charge in [-0.2, -0.15) is 13.2 Å². The molecule has 12 heteroatoms. The topological polar surface area (TPSA) is 125 Å². The average molecular weight is 543 g/mol. The van der Waals surface area contributed by atoms with E-state index in [1.54, 1.807) is 0 Å². The third-order valence-electron chi connectivity index (χ3n) is 8.19. The van der Waals surface area contributed by atoms with Crippen LogP contribution < -0.4 is 16.0 Å². The highest BCUT2D eigenvalue weighted by Gasteiger charge is 2.70. The Bertz CT molecular complexity index is 1020. The van der Waals surface area contributed by atoms with E-state index in [1.165, 1.54) is 25.7 Å². The standard InChI is InChI=1S/C26H37F3N4O5/c1-7-16(34)15(11-13-9-8-10-30-20(13)35)31-21(36)18-17-14(25(17,5)6)12-33(18)22(37)19(24(2,3)4)32-23(38)26(27,28)29/h7,13-15,17-19H,1,8-12H2,2-6H3,(H,30,35)(H,31,36)(H,32,38)/t13-,14-,15-,17-,18-,19+/m0/s1. The van der Waals surface area contributed by atoms with E-state index in [0.717, 1.165) is 12.5 Å². The number of fused-ring (bicyclic) bond motifs is 1. The molecule has 0 radical (unpaired) electrons. The average Bonchev–Trinajstić information content (AvgIpc) is 3.15. The Morgan fingerprint density at radius 1 is 1.18 bits per heavy atom. The first-order valence-electron chi connectivity index (χ1n) is 12.8. The largest absolute Gasteiger partial charge is 0.471 e. The second kappa shape index (κ2) is 10.3. The minimum Gasteiger partial charge on any atom is -0.356 e. The lowest BCUT2D eigenvalue weighted by molar-refractivity contribution is -0.176. The zero-order chi connectivity index (χ0) is 28.8. The number of nitrogens with zero attached hydrogens (tertiary/aromatic N) is 1. The molecule has 1 aliphatic carbocycles. The normalized spacial score (nSPS) is 27.9. The van der Waals surface area contributed by atoms with Gasteiger partial charge in [-0.15, -0.1) is 0 Å². The fourth-order valence-corrected chi connectivity index (χ4v) is 5.83. The van der Waals surface area contributed by atoms with Crippen LogP contribution >= 0.6 is 0 Å². The molecule has 38 heavy (non-hydrogen) atoms. The SMILES string of the molecule is C=CC(=O)[C@H](C[C@@H]1CCCNC1=O)NC(=O)[C@@H]1[C@@H]2[C@H](CN1C(=O)[C@@H](NC(=O)C(F)(F)F)C(C)(C)C)C2(C)C. The van der Waals surface area contributed by atoms with Gasteiger partial charge in [0.1, 0.15) is 12.1 Å². The molecule has 3 aliphatic rings. The third-order valence-corrected chi connectivity index (χ3v) is 8.19. The fraction of sp³-hybridized carbons (Fsp3) is 0.731. The van der Waals surface area contributed by atoms with Gasteiger partial charge in [0.15, 0.2) is 5.78 Å². The number of ketones is 1. The van der Waals surface area contributed by atoms with Crippen molar-refractivity contribution in [3.05, 3.63) is 12.7 Å². The highest BCUT2D eigenvalue weighted by atomic mass is 19.4. The van der Waals surface area contributed by atoms with E-state index >= 15 is 0 Å². The first-order chi connectivity index (χ1) is 17.4. The van der Waals surface area contributed by atoms with Gasteiger partial charge in [0.2, 0.25) is 17.7 Å². The van der Waals surface area contributed by atoms with E-state index in [9.17, 15) is 37.1 Å². The van der Waals surface area contributed by atoms with Crippen LogP contribution in [0.15, 0.2) is 12.7 Å². The van der Waals surface area contributed by atoms with Crippen LogP contribution in [-0.4, -0.2) is 71.7 Å². The second-order valence-corrected chi connectivity index (χ2v) is 12.2. The molecular formula is C26H37F3N4O5. The van der Waals surface area contributed by atoms with Gasteiger partial charge in [-0.1, -0.05) is 41.2 Å². The summed E-state index contributed by atoms with van der Waals surface area (Å²) < 4.78 is 39.1. The molecule has 0 bridgehead atoms. The van der Waals surface area contributed by atoms with E-state index < -0.39 is 59.1 Å². The van der Waals surface area contributed by atoms with Crippen molar-refractivity contribution in [1.29, 1.82) is 0 Å². The van der Waals surface area contributed by atoms with Crippen molar-refractivity contribution in [3.8, 4) is 0 Å². The lowest BCUT2D eigenvalue weighted by Crippen LogP contribution is -2.61. The van der Waals surface area contributed by atoms with Gasteiger partial charge < -0.3 is 20.9 Å². The van der Waals surface area contributed by atoms with E-state index in [-0.39, 0.29) is 36.1 Å². The van der Waals surface area contributed by atoms with Crippen LogP contribution in [0.3, 0.4) is 0 Å². The second-order valence-electron chi connectivity index (χ2n) is 12.2. The zero-order valence-electron chi connectivity index (χ0n) is 22.4. The molecule has 2 heterocycles. The molecule has 0 unspecified atom stereocenters. The highest BCUT2D eigenvalue weighted by molar-refractivity contribution is 5.99. The van der Waals surface area contributed by atoms with Gasteiger partial charge in [0.05, 0.1) is 6.04 Å². The van der Waals surface area contributed by atoms with Crippen LogP contribution in [0.2, 0.25) is 0 Å². The molecule has 2 aliphatic heterocycles. The Hall–Kier alpha value is -2.92. The Morgan fingerprint density at radius 3 is 2.34 bits per heavy atom. The Labute approximate surface area is 220 Å². The number of halogens is 3. The summed E-state index contributed by atoms with van der Waals surface area (Å²) in [5, 5.41) is 7.26. The molecule has 2 saturated heterocycles. The van der Waals surface area contributed by atoms with Crippen molar-refractivity contribution >= 4 is 29.4 Å². The van der Waals surface area contributed by atoms with Crippen molar-refractivity contribution < 1.29 is 37.1 Å². The summed E-state index contributed by atoms with van der Waals surface area (Å²) in [4.78, 5) is 65.1. The molecule has 3 N–H and O–H groups in total. The summed E-state index contributed by atoms with van der Waals surface area (Å²) in [7, 11) is 0. The Morgan fingerprint density at radius 2 is 1.82 bits per heavy atom. The molecule has 212 valence electrons. The molecular weight excluding hydrogens is 505 g/mol. The summed E-state index contributed by atoms with van der Waals surface area (Å²) in [6.07, 6.45) is -2.76. The number of likely N-dealkylation sites (tertiary alicyclic amines) is 1. The predicted octanol–water partition coefficient (Wildman–Crippen LogP) is 1.72. The number of nitrogens with one attached hydrogen (secondary N) is 3. The highest BCUT2D eigenvalue weighted by Crippen LogP contribution is 2.65. The lowest BCUT2D eigenvalue weighted by Gasteiger charge is -2.38. The van der Waals surface area contributed by atoms with Crippen LogP contribution in [0.5, 0.6) is 0 Å². The van der Waals surface area contributed by atoms with Crippen LogP contribution in [0, 0.1) is 28.6 Å². The summed E-state index contributed by atoms with van der Waals surface area (Å²) in [6, 6.07) is -3.63. The van der Waals surface area contributed by atoms with Gasteiger partial charge in [0, 0.05) is 19.0 Å². The van der Waals surface area contributed by atoms with Crippen molar-refractivity contribution in [2.45, 2.75) is 78.2 Å². The molecule has 0 spiro atoms. The maximum atomic E-state index is 13.6. The van der Waals surface area contributed by atoms with Gasteiger partial charge in [-0.05, 0) is 48.0 Å². The number of amides is 4. The van der Waals surface area contributed by atoms with Crippen molar-refractivity contribution in [3.63, 3.8) is 0 Å². The summed E-state index contributed by atoms with van der Waals surface area (Å²) in [5.41, 5.74) is -1.39. The van der Waals surface area contributed by atoms with Gasteiger partial charge in [0.25, 0.3) is 0 Å². The number of hydrogen-bond donors (Lipinski definition) is 3. The third kappa shape index (κ3) is 5.88. The predicted molar refractivity (Wildman–Crippen MR) is 131 cm³/mol. The number of carbonyl (C=O) groups excluding carboxylic acids is 5. The van der Waals surface area contributed by atoms with Crippen molar-refractivity contribution in [1.82, 2.24) is 20.9 Å². The monoisotopic (exact) mass is 542 g/mol. The molecule has 0 aromatic carbocycles. The molecule has 3 fully saturated rings. The van der Waals surface area contributed by atoms with Crippen LogP contribution in [0.1, 0.15) is 53.9 Å². The molecule has 0 aromatic rings. The summed E-state index contributed by atoms with van der Waals surface area (Å²) in [6.45, 7) is 12.6. The van der Waals surface area contributed by atoms with Gasteiger partial charge in [-0.25, -0.2) is 0 Å². The fourth-order valence-electron chi connectivity index (χ4n) is 5.83. The first kappa shape index (κ1) is 29.6. The quantitative estimate of drug-likeness (QED) is 0.403. The molecule has 0 aromatic heterocycles. The van der Waals surface area contributed by atoms with Crippen LogP contribution in [0.25, 0.3) is 0 Å². The molecule has 1 saturated carbocycles. The first-order valence-corrected chi connectivity index (χ1v) is 12.8. The zero-order valence-corrected chi connectivity index (χ0v) is 22.4. The van der Waals surface area contributed by atoms with E-state index in [1.807, 2.05) is 19.2 Å². The maximum absolute atomic E-state index is 13.6. The van der Waals surface area contributed by atoms with E-state index in [4.69, 9.17) is 0 Å². The minimum atomic E-state index is -5.18. The number of carbonyl (C=O) groups is 5. The minimum absolute atomic E-state index is 0.0623.